The van der Waals surface area contributed by atoms with Crippen LogP contribution in [0.4, 0.5) is 5.13 Å². The van der Waals surface area contributed by atoms with E-state index in [2.05, 4.69) is 11.9 Å². The van der Waals surface area contributed by atoms with Crippen LogP contribution in [0.15, 0.2) is 72.3 Å². The molecule has 0 radical (unpaired) electrons. The molecule has 1 amide bonds. The highest BCUT2D eigenvalue weighted by molar-refractivity contribution is 7.22. The maximum atomic E-state index is 13.4. The Balaban J connectivity index is 1.71. The number of hydrogen-bond donors (Lipinski definition) is 1. The number of aryl methyl sites for hydroxylation is 1. The Morgan fingerprint density at radius 2 is 1.72 bits per heavy atom. The Hall–Kier alpha value is -4.17. The third-order valence-electron chi connectivity index (χ3n) is 6.28. The van der Waals surface area contributed by atoms with Crippen molar-refractivity contribution >= 4 is 44.1 Å². The fourth-order valence-electron chi connectivity index (χ4n) is 4.33. The van der Waals surface area contributed by atoms with Crippen molar-refractivity contribution < 1.29 is 24.2 Å². The predicted octanol–water partition coefficient (Wildman–Crippen LogP) is 5.50. The number of aliphatic hydroxyl groups is 1. The number of aromatic nitrogens is 1. The molecule has 7 nitrogen and oxygen atoms in total. The summed E-state index contributed by atoms with van der Waals surface area (Å²) in [7, 11) is 3.11. The number of thiazole rings is 1. The first kappa shape index (κ1) is 23.6. The summed E-state index contributed by atoms with van der Waals surface area (Å²) in [6, 6.07) is 19.1. The van der Waals surface area contributed by atoms with Crippen LogP contribution >= 0.6 is 11.3 Å². The van der Waals surface area contributed by atoms with Crippen molar-refractivity contribution in [2.75, 3.05) is 19.1 Å². The summed E-state index contributed by atoms with van der Waals surface area (Å²) >= 11 is 1.29. The van der Waals surface area contributed by atoms with Gasteiger partial charge in [0.15, 0.2) is 5.13 Å². The van der Waals surface area contributed by atoms with E-state index < -0.39 is 17.7 Å². The van der Waals surface area contributed by atoms with Gasteiger partial charge in [-0.2, -0.15) is 0 Å². The normalized spacial score (nSPS) is 17.1. The van der Waals surface area contributed by atoms with E-state index in [9.17, 15) is 14.7 Å². The van der Waals surface area contributed by atoms with Gasteiger partial charge in [-0.05, 0) is 47.9 Å². The van der Waals surface area contributed by atoms with Crippen LogP contribution in [-0.4, -0.2) is 36.0 Å². The number of Topliss-reactive ketones (excluding diaryl/α,β-unsaturated/α-hetero) is 1. The minimum Gasteiger partial charge on any atom is -0.507 e. The van der Waals surface area contributed by atoms with Gasteiger partial charge in [0.25, 0.3) is 5.78 Å². The van der Waals surface area contributed by atoms with E-state index in [4.69, 9.17) is 9.47 Å². The molecular formula is C28H24N2O5S. The number of ketones is 1. The minimum atomic E-state index is -0.843. The molecule has 0 spiro atoms. The summed E-state index contributed by atoms with van der Waals surface area (Å²) in [6.45, 7) is 2.05. The van der Waals surface area contributed by atoms with Crippen LogP contribution in [0.5, 0.6) is 11.5 Å². The summed E-state index contributed by atoms with van der Waals surface area (Å²) in [5.41, 5.74) is 2.90. The summed E-state index contributed by atoms with van der Waals surface area (Å²) in [5, 5.41) is 11.7. The molecular weight excluding hydrogens is 476 g/mol. The molecule has 0 saturated carbocycles. The van der Waals surface area contributed by atoms with E-state index in [-0.39, 0.29) is 11.3 Å². The number of aliphatic hydroxyl groups excluding tert-OH is 1. The minimum absolute atomic E-state index is 0.00865. The van der Waals surface area contributed by atoms with Crippen LogP contribution in [0.2, 0.25) is 0 Å². The van der Waals surface area contributed by atoms with Crippen LogP contribution in [0.3, 0.4) is 0 Å². The topological polar surface area (TPSA) is 89.0 Å². The number of anilines is 1. The summed E-state index contributed by atoms with van der Waals surface area (Å²) in [6.07, 6.45) is 0.851. The largest absolute Gasteiger partial charge is 0.507 e. The van der Waals surface area contributed by atoms with Gasteiger partial charge in [-0.3, -0.25) is 14.5 Å². The first-order valence-electron chi connectivity index (χ1n) is 11.4. The SMILES string of the molecule is CCc1ccc(C2/C(=C(\O)c3cccc(OC)c3)C(=O)C(=O)N2c2nc3ccc(OC)cc3s2)cc1. The van der Waals surface area contributed by atoms with Crippen molar-refractivity contribution in [2.24, 2.45) is 0 Å². The van der Waals surface area contributed by atoms with E-state index in [1.54, 1.807) is 37.4 Å². The van der Waals surface area contributed by atoms with E-state index in [1.807, 2.05) is 36.4 Å². The number of benzene rings is 3. The number of amides is 1. The number of ether oxygens (including phenoxy) is 2. The standard InChI is InChI=1S/C28H24N2O5S/c1-4-16-8-10-17(11-9-16)24-23(25(31)18-6-5-7-19(14-18)34-2)26(32)27(33)30(24)28-29-21-13-12-20(35-3)15-22(21)36-28/h5-15,24,31H,4H2,1-3H3/b25-23+. The molecule has 1 saturated heterocycles. The van der Waals surface area contributed by atoms with E-state index in [1.165, 1.54) is 23.3 Å². The van der Waals surface area contributed by atoms with Crippen molar-refractivity contribution in [2.45, 2.75) is 19.4 Å². The Morgan fingerprint density at radius 1 is 1.00 bits per heavy atom. The zero-order valence-corrected chi connectivity index (χ0v) is 20.8. The van der Waals surface area contributed by atoms with Crippen LogP contribution in [0.1, 0.15) is 29.7 Å². The van der Waals surface area contributed by atoms with Gasteiger partial charge in [-0.25, -0.2) is 4.98 Å². The molecule has 1 atom stereocenters. The Morgan fingerprint density at radius 3 is 2.42 bits per heavy atom. The molecule has 5 rings (SSSR count). The van der Waals surface area contributed by atoms with Crippen molar-refractivity contribution in [1.82, 2.24) is 4.98 Å². The lowest BCUT2D eigenvalue weighted by Crippen LogP contribution is -2.29. The highest BCUT2D eigenvalue weighted by atomic mass is 32.1. The zero-order chi connectivity index (χ0) is 25.4. The quantitative estimate of drug-likeness (QED) is 0.214. The Bertz CT molecular complexity index is 1510. The smallest absolute Gasteiger partial charge is 0.301 e. The predicted molar refractivity (Wildman–Crippen MR) is 140 cm³/mol. The number of nitrogens with zero attached hydrogens (tertiary/aromatic N) is 2. The number of hydrogen-bond acceptors (Lipinski definition) is 7. The zero-order valence-electron chi connectivity index (χ0n) is 20.0. The second kappa shape index (κ2) is 9.47. The molecule has 4 aromatic rings. The summed E-state index contributed by atoms with van der Waals surface area (Å²) in [5.74, 6) is -0.574. The van der Waals surface area contributed by atoms with Crippen molar-refractivity contribution in [1.29, 1.82) is 0 Å². The first-order valence-corrected chi connectivity index (χ1v) is 12.3. The van der Waals surface area contributed by atoms with E-state index in [0.717, 1.165) is 16.7 Å². The van der Waals surface area contributed by atoms with Gasteiger partial charge in [0.2, 0.25) is 0 Å². The number of carbonyl (C=O) groups excluding carboxylic acids is 2. The molecule has 36 heavy (non-hydrogen) atoms. The number of methoxy groups -OCH3 is 2. The summed E-state index contributed by atoms with van der Waals surface area (Å²) < 4.78 is 11.4. The molecule has 1 aromatic heterocycles. The van der Waals surface area contributed by atoms with Crippen LogP contribution in [0, 0.1) is 0 Å². The molecule has 0 bridgehead atoms. The Labute approximate surface area is 212 Å². The van der Waals surface area contributed by atoms with Gasteiger partial charge < -0.3 is 14.6 Å². The monoisotopic (exact) mass is 500 g/mol. The average molecular weight is 501 g/mol. The maximum Gasteiger partial charge on any atom is 0.301 e. The van der Waals surface area contributed by atoms with Gasteiger partial charge in [-0.15, -0.1) is 0 Å². The van der Waals surface area contributed by atoms with Crippen LogP contribution in [0.25, 0.3) is 16.0 Å². The number of fused-ring (bicyclic) bond motifs is 1. The van der Waals surface area contributed by atoms with Crippen molar-refractivity contribution in [3.63, 3.8) is 0 Å². The highest BCUT2D eigenvalue weighted by Gasteiger charge is 2.48. The van der Waals surface area contributed by atoms with E-state index >= 15 is 0 Å². The number of carbonyl (C=O) groups is 2. The maximum absolute atomic E-state index is 13.4. The molecule has 8 heteroatoms. The lowest BCUT2D eigenvalue weighted by atomic mass is 9.94. The van der Waals surface area contributed by atoms with Gasteiger partial charge in [0.1, 0.15) is 17.3 Å². The second-order valence-electron chi connectivity index (χ2n) is 8.33. The molecule has 2 heterocycles. The molecule has 1 fully saturated rings. The summed E-state index contributed by atoms with van der Waals surface area (Å²) in [4.78, 5) is 32.9. The average Bonchev–Trinajstić information content (AvgIpc) is 3.45. The highest BCUT2D eigenvalue weighted by Crippen LogP contribution is 2.44. The van der Waals surface area contributed by atoms with Gasteiger partial charge in [-0.1, -0.05) is 54.7 Å². The fraction of sp³-hybridized carbons (Fsp3) is 0.179. The fourth-order valence-corrected chi connectivity index (χ4v) is 5.35. The molecule has 1 aliphatic heterocycles. The third kappa shape index (κ3) is 3.99. The second-order valence-corrected chi connectivity index (χ2v) is 9.34. The third-order valence-corrected chi connectivity index (χ3v) is 7.30. The molecule has 1 unspecified atom stereocenters. The van der Waals surface area contributed by atoms with Gasteiger partial charge >= 0.3 is 5.91 Å². The number of rotatable bonds is 6. The van der Waals surface area contributed by atoms with Crippen LogP contribution < -0.4 is 14.4 Å². The lowest BCUT2D eigenvalue weighted by Gasteiger charge is -2.23. The van der Waals surface area contributed by atoms with E-state index in [0.29, 0.717) is 33.3 Å². The van der Waals surface area contributed by atoms with Gasteiger partial charge in [0, 0.05) is 5.56 Å². The molecule has 1 aliphatic rings. The lowest BCUT2D eigenvalue weighted by molar-refractivity contribution is -0.132. The first-order chi connectivity index (χ1) is 17.4. The molecule has 182 valence electrons. The molecule has 3 aromatic carbocycles. The van der Waals surface area contributed by atoms with Gasteiger partial charge in [0.05, 0.1) is 36.1 Å². The molecule has 0 aliphatic carbocycles. The Kier molecular flexibility index (Phi) is 6.20. The van der Waals surface area contributed by atoms with Crippen molar-refractivity contribution in [3.05, 3.63) is 89.0 Å². The van der Waals surface area contributed by atoms with Crippen molar-refractivity contribution in [3.8, 4) is 11.5 Å². The van der Waals surface area contributed by atoms with Crippen LogP contribution in [-0.2, 0) is 16.0 Å². The molecule has 1 N–H and O–H groups in total.